The number of hydrogen-bond donors (Lipinski definition) is 0. The molecule has 0 fully saturated rings. The first kappa shape index (κ1) is 19.7. The molecule has 0 aliphatic heterocycles. The summed E-state index contributed by atoms with van der Waals surface area (Å²) < 4.78 is 76.0. The summed E-state index contributed by atoms with van der Waals surface area (Å²) in [6, 6.07) is 14.9. The minimum Gasteiger partial charge on any atom is -0.483 e. The van der Waals surface area contributed by atoms with Gasteiger partial charge in [-0.1, -0.05) is 42.0 Å². The minimum absolute atomic E-state index is 0.163. The molecular weight excluding hydrogens is 379 g/mol. The average Bonchev–Trinajstić information content (AvgIpc) is 2.65. The second kappa shape index (κ2) is 7.88. The lowest BCUT2D eigenvalue weighted by Gasteiger charge is -2.18. The van der Waals surface area contributed by atoms with Crippen LogP contribution in [0.5, 0.6) is 11.5 Å². The predicted molar refractivity (Wildman–Crippen MR) is 94.0 cm³/mol. The van der Waals surface area contributed by atoms with Gasteiger partial charge >= 0.3 is 6.11 Å². The second-order valence-electron chi connectivity index (χ2n) is 6.12. The van der Waals surface area contributed by atoms with Gasteiger partial charge in [-0.3, -0.25) is 0 Å². The summed E-state index contributed by atoms with van der Waals surface area (Å²) >= 11 is 0. The first-order valence-electron chi connectivity index (χ1n) is 8.25. The molecule has 0 unspecified atom stereocenters. The molecule has 0 saturated carbocycles. The van der Waals surface area contributed by atoms with Gasteiger partial charge in [0.05, 0.1) is 0 Å². The maximum absolute atomic E-state index is 13.9. The van der Waals surface area contributed by atoms with Crippen LogP contribution < -0.4 is 9.47 Å². The Balaban J connectivity index is 1.63. The molecule has 146 valence electrons. The normalized spacial score (nSPS) is 11.4. The topological polar surface area (TPSA) is 18.5 Å². The first-order valence-corrected chi connectivity index (χ1v) is 8.25. The van der Waals surface area contributed by atoms with Crippen molar-refractivity contribution in [2.75, 3.05) is 6.61 Å². The van der Waals surface area contributed by atoms with Gasteiger partial charge in [-0.15, -0.1) is 0 Å². The molecule has 0 N–H and O–H groups in total. The molecule has 2 nitrogen and oxygen atoms in total. The molecule has 0 aliphatic rings. The zero-order valence-corrected chi connectivity index (χ0v) is 14.7. The molecule has 28 heavy (non-hydrogen) atoms. The molecule has 0 spiro atoms. The van der Waals surface area contributed by atoms with Gasteiger partial charge in [0.1, 0.15) is 11.5 Å². The SMILES string of the molecule is Cc1ccc(-c2ccc(OCC(F)(F)Oc3cc(F)c(F)c(F)c3)cc2)cc1. The number of ether oxygens (including phenoxy) is 2. The van der Waals surface area contributed by atoms with E-state index in [2.05, 4.69) is 4.74 Å². The van der Waals surface area contributed by atoms with Gasteiger partial charge < -0.3 is 9.47 Å². The van der Waals surface area contributed by atoms with Crippen LogP contribution in [0.25, 0.3) is 11.1 Å². The molecule has 3 aromatic rings. The molecule has 0 bridgehead atoms. The highest BCUT2D eigenvalue weighted by Gasteiger charge is 2.33. The summed E-state index contributed by atoms with van der Waals surface area (Å²) in [7, 11) is 0. The van der Waals surface area contributed by atoms with Crippen molar-refractivity contribution in [3.8, 4) is 22.6 Å². The standard InChI is InChI=1S/C21H15F5O2/c1-13-2-4-14(5-3-13)15-6-8-16(9-7-15)27-12-21(25,26)28-17-10-18(22)20(24)19(23)11-17/h2-11H,12H2,1H3. The Kier molecular flexibility index (Phi) is 5.53. The Morgan fingerprint density at radius 1 is 0.750 bits per heavy atom. The fraction of sp³-hybridized carbons (Fsp3) is 0.143. The highest BCUT2D eigenvalue weighted by atomic mass is 19.3. The van der Waals surface area contributed by atoms with E-state index in [9.17, 15) is 22.0 Å². The largest absolute Gasteiger partial charge is 0.483 e. The molecule has 0 aromatic heterocycles. The number of alkyl halides is 2. The van der Waals surface area contributed by atoms with Crippen molar-refractivity contribution >= 4 is 0 Å². The molecule has 0 heterocycles. The maximum atomic E-state index is 13.9. The van der Waals surface area contributed by atoms with Gasteiger partial charge in [-0.2, -0.15) is 8.78 Å². The summed E-state index contributed by atoms with van der Waals surface area (Å²) in [5, 5.41) is 0. The Morgan fingerprint density at radius 2 is 1.25 bits per heavy atom. The molecule has 0 radical (unpaired) electrons. The number of hydrogen-bond acceptors (Lipinski definition) is 2. The van der Waals surface area contributed by atoms with E-state index in [1.165, 1.54) is 12.1 Å². The van der Waals surface area contributed by atoms with Crippen LogP contribution >= 0.6 is 0 Å². The van der Waals surface area contributed by atoms with Gasteiger partial charge in [0.2, 0.25) is 0 Å². The minimum atomic E-state index is -3.88. The van der Waals surface area contributed by atoms with Crippen molar-refractivity contribution in [1.29, 1.82) is 0 Å². The number of halogens is 5. The number of rotatable bonds is 6. The lowest BCUT2D eigenvalue weighted by molar-refractivity contribution is -0.195. The second-order valence-corrected chi connectivity index (χ2v) is 6.12. The van der Waals surface area contributed by atoms with E-state index in [0.717, 1.165) is 16.7 Å². The zero-order chi connectivity index (χ0) is 20.3. The fourth-order valence-electron chi connectivity index (χ4n) is 2.45. The molecule has 3 rings (SSSR count). The summed E-state index contributed by atoms with van der Waals surface area (Å²) in [5.41, 5.74) is 2.96. The Labute approximate surface area is 158 Å². The molecule has 0 saturated heterocycles. The maximum Gasteiger partial charge on any atom is 0.433 e. The molecule has 7 heteroatoms. The Bertz CT molecular complexity index is 931. The van der Waals surface area contributed by atoms with Crippen LogP contribution in [0.2, 0.25) is 0 Å². The summed E-state index contributed by atoms with van der Waals surface area (Å²) in [4.78, 5) is 0. The van der Waals surface area contributed by atoms with Gasteiger partial charge in [0, 0.05) is 12.1 Å². The highest BCUT2D eigenvalue weighted by molar-refractivity contribution is 5.64. The molecule has 0 aliphatic carbocycles. The van der Waals surface area contributed by atoms with Crippen LogP contribution in [0.4, 0.5) is 22.0 Å². The van der Waals surface area contributed by atoms with Crippen molar-refractivity contribution in [1.82, 2.24) is 0 Å². The summed E-state index contributed by atoms with van der Waals surface area (Å²) in [5.74, 6) is -5.70. The predicted octanol–water partition coefficient (Wildman–Crippen LogP) is 6.13. The fourth-order valence-corrected chi connectivity index (χ4v) is 2.45. The van der Waals surface area contributed by atoms with Crippen molar-refractivity contribution in [2.45, 2.75) is 13.0 Å². The van der Waals surface area contributed by atoms with E-state index in [1.807, 2.05) is 31.2 Å². The van der Waals surface area contributed by atoms with Gasteiger partial charge in [0.25, 0.3) is 0 Å². The van der Waals surface area contributed by atoms with Crippen molar-refractivity contribution < 1.29 is 31.4 Å². The third kappa shape index (κ3) is 4.79. The Morgan fingerprint density at radius 3 is 1.79 bits per heavy atom. The van der Waals surface area contributed by atoms with Gasteiger partial charge in [0.15, 0.2) is 24.1 Å². The average molecular weight is 394 g/mol. The van der Waals surface area contributed by atoms with E-state index < -0.39 is 35.9 Å². The Hall–Kier alpha value is -3.09. The lowest BCUT2D eigenvalue weighted by atomic mass is 10.0. The van der Waals surface area contributed by atoms with E-state index in [0.29, 0.717) is 12.1 Å². The van der Waals surface area contributed by atoms with E-state index in [4.69, 9.17) is 4.74 Å². The van der Waals surface area contributed by atoms with Crippen LogP contribution in [0.3, 0.4) is 0 Å². The van der Waals surface area contributed by atoms with Gasteiger partial charge in [-0.05, 0) is 30.2 Å². The molecular formula is C21H15F5O2. The first-order chi connectivity index (χ1) is 13.2. The van der Waals surface area contributed by atoms with Gasteiger partial charge in [-0.25, -0.2) is 13.2 Å². The molecule has 3 aromatic carbocycles. The lowest BCUT2D eigenvalue weighted by Crippen LogP contribution is -2.32. The molecule has 0 amide bonds. The van der Waals surface area contributed by atoms with Crippen LogP contribution in [-0.2, 0) is 0 Å². The number of aryl methyl sites for hydroxylation is 1. The summed E-state index contributed by atoms with van der Waals surface area (Å²) in [6.45, 7) is 0.773. The monoisotopic (exact) mass is 394 g/mol. The van der Waals surface area contributed by atoms with Crippen molar-refractivity contribution in [3.05, 3.63) is 83.7 Å². The van der Waals surface area contributed by atoms with Crippen LogP contribution in [0.1, 0.15) is 5.56 Å². The van der Waals surface area contributed by atoms with Crippen LogP contribution in [-0.4, -0.2) is 12.7 Å². The third-order valence-corrected chi connectivity index (χ3v) is 3.87. The van der Waals surface area contributed by atoms with Crippen molar-refractivity contribution in [2.24, 2.45) is 0 Å². The number of benzene rings is 3. The van der Waals surface area contributed by atoms with E-state index in [1.54, 1.807) is 12.1 Å². The third-order valence-electron chi connectivity index (χ3n) is 3.87. The quantitative estimate of drug-likeness (QED) is 0.370. The van der Waals surface area contributed by atoms with E-state index >= 15 is 0 Å². The van der Waals surface area contributed by atoms with Crippen molar-refractivity contribution in [3.63, 3.8) is 0 Å². The summed E-state index contributed by atoms with van der Waals surface area (Å²) in [6.07, 6.45) is -3.88. The van der Waals surface area contributed by atoms with Crippen LogP contribution in [0, 0.1) is 24.4 Å². The highest BCUT2D eigenvalue weighted by Crippen LogP contribution is 2.27. The smallest absolute Gasteiger partial charge is 0.433 e. The molecule has 0 atom stereocenters. The zero-order valence-electron chi connectivity index (χ0n) is 14.7. The van der Waals surface area contributed by atoms with Crippen LogP contribution in [0.15, 0.2) is 60.7 Å². The van der Waals surface area contributed by atoms with E-state index in [-0.39, 0.29) is 5.75 Å².